The van der Waals surface area contributed by atoms with Gasteiger partial charge in [0.25, 0.3) is 0 Å². The molecule has 0 radical (unpaired) electrons. The van der Waals surface area contributed by atoms with E-state index in [4.69, 9.17) is 19.6 Å². The molecule has 2 fully saturated rings. The maximum Gasteiger partial charge on any atom is 0.168 e. The molecular formula is C29H33FN8O2. The van der Waals surface area contributed by atoms with E-state index in [0.717, 1.165) is 62.4 Å². The molecule has 2 N–H and O–H groups in total. The van der Waals surface area contributed by atoms with E-state index in [1.54, 1.807) is 24.4 Å². The van der Waals surface area contributed by atoms with E-state index in [1.807, 2.05) is 25.5 Å². The van der Waals surface area contributed by atoms with Gasteiger partial charge in [-0.3, -0.25) is 4.68 Å². The zero-order chi connectivity index (χ0) is 27.5. The largest absolute Gasteiger partial charge is 0.496 e. The van der Waals surface area contributed by atoms with Crippen LogP contribution >= 0.6 is 0 Å². The summed E-state index contributed by atoms with van der Waals surface area (Å²) in [5.74, 6) is 1.29. The molecule has 0 amide bonds. The van der Waals surface area contributed by atoms with Crippen LogP contribution in [0.15, 0.2) is 55.1 Å². The molecule has 3 aromatic heterocycles. The Labute approximate surface area is 232 Å². The smallest absolute Gasteiger partial charge is 0.168 e. The van der Waals surface area contributed by atoms with Crippen LogP contribution in [0.25, 0.3) is 22.5 Å². The SMILES string of the molecule is CN[C@H]1CCN(c2cc(Nc3ccnc(-c4c(F)cccc4OC)n3)ncc2-c2cnn(C3CCOCC3)c2)C1. The molecule has 0 spiro atoms. The average Bonchev–Trinajstić information content (AvgIpc) is 3.68. The van der Waals surface area contributed by atoms with Crippen LogP contribution in [-0.2, 0) is 4.74 Å². The molecule has 208 valence electrons. The van der Waals surface area contributed by atoms with Gasteiger partial charge in [-0.1, -0.05) is 6.07 Å². The Kier molecular flexibility index (Phi) is 7.56. The second-order valence-electron chi connectivity index (χ2n) is 10.1. The molecule has 5 heterocycles. The van der Waals surface area contributed by atoms with Gasteiger partial charge in [-0.2, -0.15) is 5.10 Å². The molecule has 4 aromatic rings. The fraction of sp³-hybridized carbons (Fsp3) is 0.379. The lowest BCUT2D eigenvalue weighted by molar-refractivity contribution is 0.0662. The molecule has 0 saturated carbocycles. The predicted molar refractivity (Wildman–Crippen MR) is 151 cm³/mol. The Morgan fingerprint density at radius 2 is 1.95 bits per heavy atom. The van der Waals surface area contributed by atoms with Crippen molar-refractivity contribution in [3.8, 4) is 28.3 Å². The maximum absolute atomic E-state index is 14.7. The van der Waals surface area contributed by atoms with Gasteiger partial charge in [0.1, 0.15) is 23.2 Å². The summed E-state index contributed by atoms with van der Waals surface area (Å²) in [6, 6.07) is 9.20. The van der Waals surface area contributed by atoms with Crippen LogP contribution in [0.4, 0.5) is 21.7 Å². The summed E-state index contributed by atoms with van der Waals surface area (Å²) < 4.78 is 27.6. The van der Waals surface area contributed by atoms with Crippen LogP contribution in [0.2, 0.25) is 0 Å². The van der Waals surface area contributed by atoms with E-state index < -0.39 is 5.82 Å². The number of hydrogen-bond acceptors (Lipinski definition) is 9. The summed E-state index contributed by atoms with van der Waals surface area (Å²) in [6.45, 7) is 3.36. The van der Waals surface area contributed by atoms with Crippen LogP contribution < -0.4 is 20.3 Å². The van der Waals surface area contributed by atoms with Gasteiger partial charge in [0.2, 0.25) is 0 Å². The molecule has 0 bridgehead atoms. The first-order valence-electron chi connectivity index (χ1n) is 13.6. The maximum atomic E-state index is 14.7. The number of nitrogens with zero attached hydrogens (tertiary/aromatic N) is 6. The molecule has 0 unspecified atom stereocenters. The van der Waals surface area contributed by atoms with Gasteiger partial charge >= 0.3 is 0 Å². The highest BCUT2D eigenvalue weighted by Gasteiger charge is 2.25. The van der Waals surface area contributed by atoms with Gasteiger partial charge in [0.15, 0.2) is 5.82 Å². The van der Waals surface area contributed by atoms with Crippen molar-refractivity contribution in [2.75, 3.05) is 50.7 Å². The summed E-state index contributed by atoms with van der Waals surface area (Å²) in [4.78, 5) is 16.0. The molecule has 2 aliphatic rings. The predicted octanol–water partition coefficient (Wildman–Crippen LogP) is 4.44. The number of halogens is 1. The number of pyridine rings is 1. The lowest BCUT2D eigenvalue weighted by Gasteiger charge is -2.23. The van der Waals surface area contributed by atoms with E-state index in [0.29, 0.717) is 29.5 Å². The van der Waals surface area contributed by atoms with Gasteiger partial charge in [-0.25, -0.2) is 19.3 Å². The lowest BCUT2D eigenvalue weighted by Crippen LogP contribution is -2.29. The highest BCUT2D eigenvalue weighted by molar-refractivity contribution is 5.80. The molecule has 2 saturated heterocycles. The standard InChI is InChI=1S/C29H33FN8O2/c1-31-20-7-11-37(18-20)24-14-27(33-16-22(24)19-15-34-38(17-19)21-8-12-40-13-9-21)35-26-6-10-32-29(36-26)28-23(30)4-3-5-25(28)39-2/h3-6,10,14-17,20-21,31H,7-9,11-13,18H2,1-2H3,(H,32,33,35,36)/t20-/m0/s1. The van der Waals surface area contributed by atoms with Crippen LogP contribution in [0, 0.1) is 5.82 Å². The van der Waals surface area contributed by atoms with Crippen molar-refractivity contribution in [1.29, 1.82) is 0 Å². The van der Waals surface area contributed by atoms with E-state index >= 15 is 0 Å². The second-order valence-corrected chi connectivity index (χ2v) is 10.1. The Hall–Kier alpha value is -4.09. The molecular weight excluding hydrogens is 511 g/mol. The first-order chi connectivity index (χ1) is 19.6. The molecule has 0 aliphatic carbocycles. The Balaban J connectivity index is 1.32. The van der Waals surface area contributed by atoms with Gasteiger partial charge in [0, 0.05) is 73.8 Å². The third-order valence-electron chi connectivity index (χ3n) is 7.63. The van der Waals surface area contributed by atoms with Crippen molar-refractivity contribution in [2.24, 2.45) is 0 Å². The fourth-order valence-electron chi connectivity index (χ4n) is 5.41. The summed E-state index contributed by atoms with van der Waals surface area (Å²) in [5.41, 5.74) is 3.35. The van der Waals surface area contributed by atoms with Crippen LogP contribution in [0.5, 0.6) is 5.75 Å². The number of methoxy groups -OCH3 is 1. The topological polar surface area (TPSA) is 102 Å². The number of ether oxygens (including phenoxy) is 2. The monoisotopic (exact) mass is 544 g/mol. The minimum Gasteiger partial charge on any atom is -0.496 e. The van der Waals surface area contributed by atoms with Crippen LogP contribution in [-0.4, -0.2) is 71.2 Å². The number of benzene rings is 1. The van der Waals surface area contributed by atoms with E-state index in [1.165, 1.54) is 13.2 Å². The van der Waals surface area contributed by atoms with E-state index in [2.05, 4.69) is 36.4 Å². The normalized spacial score (nSPS) is 17.8. The number of likely N-dealkylation sites (N-methyl/N-ethyl adjacent to an activating group) is 1. The van der Waals surface area contributed by atoms with Crippen LogP contribution in [0.1, 0.15) is 25.3 Å². The molecule has 40 heavy (non-hydrogen) atoms. The molecule has 10 nitrogen and oxygen atoms in total. The number of hydrogen-bond donors (Lipinski definition) is 2. The number of aromatic nitrogens is 5. The minimum absolute atomic E-state index is 0.217. The summed E-state index contributed by atoms with van der Waals surface area (Å²) in [7, 11) is 3.50. The number of anilines is 3. The summed E-state index contributed by atoms with van der Waals surface area (Å²) in [5, 5.41) is 11.4. The lowest BCUT2D eigenvalue weighted by atomic mass is 10.1. The quantitative estimate of drug-likeness (QED) is 0.333. The number of nitrogens with one attached hydrogen (secondary N) is 2. The highest BCUT2D eigenvalue weighted by atomic mass is 19.1. The summed E-state index contributed by atoms with van der Waals surface area (Å²) >= 11 is 0. The third kappa shape index (κ3) is 5.34. The second kappa shape index (κ2) is 11.6. The van der Waals surface area contributed by atoms with Gasteiger partial charge in [0.05, 0.1) is 24.9 Å². The minimum atomic E-state index is -0.448. The Bertz CT molecular complexity index is 1470. The molecule has 2 aliphatic heterocycles. The summed E-state index contributed by atoms with van der Waals surface area (Å²) in [6.07, 6.45) is 10.5. The molecule has 1 aromatic carbocycles. The van der Waals surface area contributed by atoms with Crippen molar-refractivity contribution in [3.63, 3.8) is 0 Å². The van der Waals surface area contributed by atoms with Crippen molar-refractivity contribution in [1.82, 2.24) is 30.0 Å². The third-order valence-corrected chi connectivity index (χ3v) is 7.63. The Morgan fingerprint density at radius 3 is 2.75 bits per heavy atom. The van der Waals surface area contributed by atoms with Gasteiger partial charge in [-0.15, -0.1) is 0 Å². The molecule has 6 rings (SSSR count). The van der Waals surface area contributed by atoms with Crippen molar-refractivity contribution < 1.29 is 13.9 Å². The number of rotatable bonds is 8. The van der Waals surface area contributed by atoms with Gasteiger partial charge in [-0.05, 0) is 44.5 Å². The highest BCUT2D eigenvalue weighted by Crippen LogP contribution is 2.36. The van der Waals surface area contributed by atoms with Gasteiger partial charge < -0.3 is 25.0 Å². The van der Waals surface area contributed by atoms with Crippen molar-refractivity contribution in [2.45, 2.75) is 31.3 Å². The Morgan fingerprint density at radius 1 is 1.07 bits per heavy atom. The van der Waals surface area contributed by atoms with Crippen molar-refractivity contribution in [3.05, 3.63) is 60.9 Å². The molecule has 11 heteroatoms. The van der Waals surface area contributed by atoms with E-state index in [9.17, 15) is 4.39 Å². The average molecular weight is 545 g/mol. The van der Waals surface area contributed by atoms with Crippen molar-refractivity contribution >= 4 is 17.3 Å². The fourth-order valence-corrected chi connectivity index (χ4v) is 5.41. The van der Waals surface area contributed by atoms with Crippen LogP contribution in [0.3, 0.4) is 0 Å². The van der Waals surface area contributed by atoms with E-state index in [-0.39, 0.29) is 11.4 Å². The zero-order valence-electron chi connectivity index (χ0n) is 22.7. The molecule has 1 atom stereocenters. The first kappa shape index (κ1) is 26.1. The first-order valence-corrected chi connectivity index (χ1v) is 13.6. The zero-order valence-corrected chi connectivity index (χ0v) is 22.7.